The molecule has 0 saturated carbocycles. The SMILES string of the molecule is CCOC(=O)C1(O)C(c2ccc(C)cc2)Sc2ccccc2N1CCN(C)C. The van der Waals surface area contributed by atoms with Crippen molar-refractivity contribution < 1.29 is 14.6 Å². The van der Waals surface area contributed by atoms with Gasteiger partial charge in [0.1, 0.15) is 0 Å². The van der Waals surface area contributed by atoms with Gasteiger partial charge in [-0.25, -0.2) is 4.79 Å². The molecule has 5 nitrogen and oxygen atoms in total. The van der Waals surface area contributed by atoms with Crippen LogP contribution in [0.1, 0.15) is 23.3 Å². The van der Waals surface area contributed by atoms with E-state index in [1.54, 1.807) is 11.8 Å². The third-order valence-corrected chi connectivity index (χ3v) is 6.34. The van der Waals surface area contributed by atoms with Gasteiger partial charge in [-0.3, -0.25) is 0 Å². The second-order valence-electron chi connectivity index (χ2n) is 7.28. The standard InChI is InChI=1S/C22H28N2O3S/c1-5-27-21(25)22(26)20(17-12-10-16(2)11-13-17)28-19-9-7-6-8-18(19)24(22)15-14-23(3)4/h6-13,20,26H,5,14-15H2,1-4H3. The van der Waals surface area contributed by atoms with E-state index in [1.807, 2.05) is 74.4 Å². The van der Waals surface area contributed by atoms with Gasteiger partial charge >= 0.3 is 5.97 Å². The summed E-state index contributed by atoms with van der Waals surface area (Å²) in [5.41, 5.74) is 1.10. The second-order valence-corrected chi connectivity index (χ2v) is 8.42. The summed E-state index contributed by atoms with van der Waals surface area (Å²) < 4.78 is 5.35. The van der Waals surface area contributed by atoms with Crippen LogP contribution in [0.3, 0.4) is 0 Å². The number of hydrogen-bond donors (Lipinski definition) is 1. The zero-order chi connectivity index (χ0) is 20.3. The minimum absolute atomic E-state index is 0.218. The van der Waals surface area contributed by atoms with E-state index in [9.17, 15) is 9.90 Å². The van der Waals surface area contributed by atoms with Crippen LogP contribution in [0.5, 0.6) is 0 Å². The first-order chi connectivity index (χ1) is 13.4. The van der Waals surface area contributed by atoms with Gasteiger partial charge in [0.25, 0.3) is 5.72 Å². The lowest BCUT2D eigenvalue weighted by Crippen LogP contribution is -2.61. The monoisotopic (exact) mass is 400 g/mol. The van der Waals surface area contributed by atoms with E-state index in [4.69, 9.17) is 4.74 Å². The van der Waals surface area contributed by atoms with E-state index in [1.165, 1.54) is 11.8 Å². The Labute approximate surface area is 171 Å². The Kier molecular flexibility index (Phi) is 6.33. The van der Waals surface area contributed by atoms with Crippen molar-refractivity contribution in [2.24, 2.45) is 0 Å². The maximum atomic E-state index is 13.1. The molecular formula is C22H28N2O3S. The first-order valence-electron chi connectivity index (χ1n) is 9.52. The van der Waals surface area contributed by atoms with Gasteiger partial charge in [-0.05, 0) is 45.6 Å². The number of esters is 1. The van der Waals surface area contributed by atoms with E-state index >= 15 is 0 Å². The minimum atomic E-state index is -1.79. The number of aliphatic hydroxyl groups is 1. The number of para-hydroxylation sites is 1. The van der Waals surface area contributed by atoms with Crippen LogP contribution in [0, 0.1) is 6.92 Å². The number of carbonyl (C=O) groups is 1. The van der Waals surface area contributed by atoms with Crippen LogP contribution < -0.4 is 4.90 Å². The molecule has 1 aliphatic rings. The predicted molar refractivity (Wildman–Crippen MR) is 114 cm³/mol. The number of aryl methyl sites for hydroxylation is 1. The maximum absolute atomic E-state index is 13.1. The van der Waals surface area contributed by atoms with Crippen LogP contribution in [-0.2, 0) is 9.53 Å². The van der Waals surface area contributed by atoms with Gasteiger partial charge < -0.3 is 19.6 Å². The van der Waals surface area contributed by atoms with Gasteiger partial charge in [-0.2, -0.15) is 0 Å². The molecule has 0 bridgehead atoms. The quantitative estimate of drug-likeness (QED) is 0.750. The van der Waals surface area contributed by atoms with Crippen molar-refractivity contribution in [3.05, 3.63) is 59.7 Å². The summed E-state index contributed by atoms with van der Waals surface area (Å²) in [7, 11) is 3.96. The lowest BCUT2D eigenvalue weighted by Gasteiger charge is -2.48. The van der Waals surface area contributed by atoms with E-state index in [0.717, 1.165) is 21.7 Å². The summed E-state index contributed by atoms with van der Waals surface area (Å²) in [6.07, 6.45) is 0. The van der Waals surface area contributed by atoms with Gasteiger partial charge in [-0.1, -0.05) is 42.0 Å². The number of carbonyl (C=O) groups excluding carboxylic acids is 1. The Morgan fingerprint density at radius 2 is 1.89 bits per heavy atom. The number of fused-ring (bicyclic) bond motifs is 1. The van der Waals surface area contributed by atoms with Crippen molar-refractivity contribution in [2.75, 3.05) is 38.7 Å². The molecule has 3 rings (SSSR count). The Hall–Kier alpha value is -2.02. The average Bonchev–Trinajstić information content (AvgIpc) is 2.67. The molecular weight excluding hydrogens is 372 g/mol. The van der Waals surface area contributed by atoms with E-state index < -0.39 is 16.9 Å². The Morgan fingerprint density at radius 1 is 1.21 bits per heavy atom. The molecule has 2 aromatic carbocycles. The summed E-state index contributed by atoms with van der Waals surface area (Å²) >= 11 is 1.51. The van der Waals surface area contributed by atoms with Crippen molar-refractivity contribution in [1.29, 1.82) is 0 Å². The summed E-state index contributed by atoms with van der Waals surface area (Å²) in [6.45, 7) is 5.20. The second kappa shape index (κ2) is 8.55. The third-order valence-electron chi connectivity index (χ3n) is 4.90. The highest BCUT2D eigenvalue weighted by molar-refractivity contribution is 8.00. The van der Waals surface area contributed by atoms with E-state index in [-0.39, 0.29) is 6.61 Å². The summed E-state index contributed by atoms with van der Waals surface area (Å²) in [5, 5.41) is 11.4. The molecule has 1 aliphatic heterocycles. The molecule has 0 spiro atoms. The highest BCUT2D eigenvalue weighted by Crippen LogP contribution is 2.53. The number of rotatable bonds is 6. The van der Waals surface area contributed by atoms with E-state index in [2.05, 4.69) is 0 Å². The summed E-state index contributed by atoms with van der Waals surface area (Å²) in [6, 6.07) is 15.9. The van der Waals surface area contributed by atoms with Crippen molar-refractivity contribution in [1.82, 2.24) is 4.90 Å². The maximum Gasteiger partial charge on any atom is 0.361 e. The molecule has 2 aromatic rings. The van der Waals surface area contributed by atoms with Gasteiger partial charge in [0.2, 0.25) is 0 Å². The van der Waals surface area contributed by atoms with Gasteiger partial charge in [0.05, 0.1) is 17.5 Å². The Balaban J connectivity index is 2.14. The molecule has 2 unspecified atom stereocenters. The number of ether oxygens (including phenoxy) is 1. The van der Waals surface area contributed by atoms with Crippen LogP contribution in [-0.4, -0.2) is 55.5 Å². The molecule has 150 valence electrons. The number of nitrogens with zero attached hydrogens (tertiary/aromatic N) is 2. The summed E-state index contributed by atoms with van der Waals surface area (Å²) in [5.74, 6) is -0.610. The van der Waals surface area contributed by atoms with Crippen LogP contribution in [0.4, 0.5) is 5.69 Å². The molecule has 2 atom stereocenters. The fraction of sp³-hybridized carbons (Fsp3) is 0.409. The van der Waals surface area contributed by atoms with Crippen molar-refractivity contribution in [2.45, 2.75) is 29.7 Å². The van der Waals surface area contributed by atoms with Crippen LogP contribution in [0.15, 0.2) is 53.4 Å². The lowest BCUT2D eigenvalue weighted by atomic mass is 9.97. The number of likely N-dealkylation sites (N-methyl/N-ethyl adjacent to an activating group) is 1. The third kappa shape index (κ3) is 3.90. The average molecular weight is 401 g/mol. The molecule has 0 radical (unpaired) electrons. The zero-order valence-corrected chi connectivity index (χ0v) is 17.7. The minimum Gasteiger partial charge on any atom is -0.462 e. The zero-order valence-electron chi connectivity index (χ0n) is 16.9. The fourth-order valence-corrected chi connectivity index (χ4v) is 4.79. The number of thioether (sulfide) groups is 1. The summed E-state index contributed by atoms with van der Waals surface area (Å²) in [4.78, 5) is 18.0. The van der Waals surface area contributed by atoms with Gasteiger partial charge in [0.15, 0.2) is 0 Å². The first kappa shape index (κ1) is 20.7. The highest BCUT2D eigenvalue weighted by Gasteiger charge is 2.55. The largest absolute Gasteiger partial charge is 0.462 e. The molecule has 0 aromatic heterocycles. The normalized spacial score (nSPS) is 21.5. The number of hydrogen-bond acceptors (Lipinski definition) is 6. The first-order valence-corrected chi connectivity index (χ1v) is 10.4. The molecule has 6 heteroatoms. The van der Waals surface area contributed by atoms with Crippen LogP contribution >= 0.6 is 11.8 Å². The highest BCUT2D eigenvalue weighted by atomic mass is 32.2. The van der Waals surface area contributed by atoms with Crippen molar-refractivity contribution in [3.63, 3.8) is 0 Å². The van der Waals surface area contributed by atoms with Crippen molar-refractivity contribution in [3.8, 4) is 0 Å². The predicted octanol–water partition coefficient (Wildman–Crippen LogP) is 3.46. The molecule has 1 N–H and O–H groups in total. The van der Waals surface area contributed by atoms with Crippen LogP contribution in [0.25, 0.3) is 0 Å². The number of anilines is 1. The smallest absolute Gasteiger partial charge is 0.361 e. The Morgan fingerprint density at radius 3 is 2.54 bits per heavy atom. The van der Waals surface area contributed by atoms with E-state index in [0.29, 0.717) is 13.1 Å². The molecule has 0 saturated heterocycles. The van der Waals surface area contributed by atoms with Crippen molar-refractivity contribution >= 4 is 23.4 Å². The molecule has 0 amide bonds. The van der Waals surface area contributed by atoms with Crippen LogP contribution in [0.2, 0.25) is 0 Å². The lowest BCUT2D eigenvalue weighted by molar-refractivity contribution is -0.165. The van der Waals surface area contributed by atoms with Gasteiger partial charge in [-0.15, -0.1) is 11.8 Å². The molecule has 1 heterocycles. The fourth-order valence-electron chi connectivity index (χ4n) is 3.40. The number of benzene rings is 2. The topological polar surface area (TPSA) is 53.0 Å². The molecule has 0 fully saturated rings. The van der Waals surface area contributed by atoms with Gasteiger partial charge in [0, 0.05) is 18.0 Å². The molecule has 28 heavy (non-hydrogen) atoms. The molecule has 0 aliphatic carbocycles. The Bertz CT molecular complexity index is 825.